The minimum Gasteiger partial charge on any atom is -1.00 e. The third-order valence-electron chi connectivity index (χ3n) is 7.54. The summed E-state index contributed by atoms with van der Waals surface area (Å²) in [5.74, 6) is -0.136. The molecule has 0 unspecified atom stereocenters. The Hall–Kier alpha value is -3.18. The molecule has 0 radical (unpaired) electrons. The van der Waals surface area contributed by atoms with E-state index in [0.29, 0.717) is 6.04 Å². The number of rotatable bonds is 7. The average Bonchev–Trinajstić information content (AvgIpc) is 3.49. The van der Waals surface area contributed by atoms with Gasteiger partial charge in [-0.2, -0.15) is 0 Å². The fourth-order valence-corrected chi connectivity index (χ4v) is 5.87. The molecule has 3 aromatic carbocycles. The predicted molar refractivity (Wildman–Crippen MR) is 134 cm³/mol. The normalized spacial score (nSPS) is 17.6. The second-order valence-electron chi connectivity index (χ2n) is 9.51. The van der Waals surface area contributed by atoms with Crippen LogP contribution in [0.2, 0.25) is 0 Å². The number of primary amides is 1. The number of imidazole rings is 1. The molecule has 1 fully saturated rings. The molecule has 35 heavy (non-hydrogen) atoms. The van der Waals surface area contributed by atoms with Crippen molar-refractivity contribution in [2.75, 3.05) is 0 Å². The number of aryl methyl sites for hydroxylation is 1. The van der Waals surface area contributed by atoms with Crippen molar-refractivity contribution in [3.05, 3.63) is 126 Å². The molecule has 4 aromatic rings. The molecule has 2 N–H and O–H groups in total. The second-order valence-corrected chi connectivity index (χ2v) is 9.51. The Balaban J connectivity index is 0.00000289. The van der Waals surface area contributed by atoms with Crippen molar-refractivity contribution in [3.8, 4) is 0 Å². The lowest BCUT2D eigenvalue weighted by Crippen LogP contribution is -3.00. The standard InChI is InChI=1S/C30H31N3O.BrH/c1-23-20-33(22-32(23)21-24-11-5-2-6-12-24)28-18-17-27(19-28)30(29(31)34,25-13-7-3-8-14-25)26-15-9-4-10-16-26;/h2-16,20,22,27-28H,17-19,21H2,1H3,(H-,31,34);1H/t27-,28-;/m1./s1. The first kappa shape index (κ1) is 24.9. The topological polar surface area (TPSA) is 51.9 Å². The molecule has 5 rings (SSSR count). The van der Waals surface area contributed by atoms with Gasteiger partial charge in [-0.05, 0) is 41.9 Å². The lowest BCUT2D eigenvalue weighted by atomic mass is 9.64. The van der Waals surface area contributed by atoms with E-state index in [2.05, 4.69) is 83.2 Å². The molecule has 1 saturated carbocycles. The first-order valence-electron chi connectivity index (χ1n) is 12.1. The number of nitrogens with two attached hydrogens (primary N) is 1. The maximum atomic E-state index is 13.3. The Morgan fingerprint density at radius 1 is 0.914 bits per heavy atom. The van der Waals surface area contributed by atoms with Crippen LogP contribution in [0.25, 0.3) is 0 Å². The van der Waals surface area contributed by atoms with Crippen molar-refractivity contribution in [1.82, 2.24) is 4.57 Å². The molecule has 0 saturated heterocycles. The molecule has 180 valence electrons. The van der Waals surface area contributed by atoms with E-state index in [4.69, 9.17) is 5.73 Å². The molecular formula is C30H32BrN3O. The number of benzene rings is 3. The number of carbonyl (C=O) groups excluding carboxylic acids is 1. The largest absolute Gasteiger partial charge is 1.00 e. The Morgan fingerprint density at radius 3 is 2.00 bits per heavy atom. The average molecular weight is 531 g/mol. The summed E-state index contributed by atoms with van der Waals surface area (Å²) >= 11 is 0. The van der Waals surface area contributed by atoms with Gasteiger partial charge in [-0.25, -0.2) is 9.13 Å². The minimum absolute atomic E-state index is 0. The zero-order chi connectivity index (χ0) is 23.5. The van der Waals surface area contributed by atoms with Crippen molar-refractivity contribution in [2.24, 2.45) is 11.7 Å². The fraction of sp³-hybridized carbons (Fsp3) is 0.267. The summed E-state index contributed by atoms with van der Waals surface area (Å²) in [6.07, 6.45) is 7.36. The lowest BCUT2D eigenvalue weighted by molar-refractivity contribution is -0.693. The maximum absolute atomic E-state index is 13.3. The highest BCUT2D eigenvalue weighted by atomic mass is 79.9. The minimum atomic E-state index is -0.834. The number of aromatic nitrogens is 2. The summed E-state index contributed by atoms with van der Waals surface area (Å²) in [5, 5.41) is 0. The summed E-state index contributed by atoms with van der Waals surface area (Å²) < 4.78 is 4.65. The van der Waals surface area contributed by atoms with Gasteiger partial charge in [-0.1, -0.05) is 91.0 Å². The number of nitrogens with zero attached hydrogens (tertiary/aromatic N) is 2. The monoisotopic (exact) mass is 529 g/mol. The third kappa shape index (κ3) is 4.70. The van der Waals surface area contributed by atoms with Crippen LogP contribution in [0, 0.1) is 12.8 Å². The molecule has 1 heterocycles. The number of carbonyl (C=O) groups is 1. The van der Waals surface area contributed by atoms with Crippen LogP contribution in [0.15, 0.2) is 104 Å². The van der Waals surface area contributed by atoms with E-state index in [-0.39, 0.29) is 28.8 Å². The van der Waals surface area contributed by atoms with Crippen LogP contribution in [-0.2, 0) is 16.8 Å². The van der Waals surface area contributed by atoms with E-state index in [1.165, 1.54) is 11.3 Å². The smallest absolute Gasteiger partial charge is 0.244 e. The summed E-state index contributed by atoms with van der Waals surface area (Å²) in [6, 6.07) is 31.1. The first-order chi connectivity index (χ1) is 16.6. The summed E-state index contributed by atoms with van der Waals surface area (Å²) in [6.45, 7) is 3.02. The van der Waals surface area contributed by atoms with Crippen molar-refractivity contribution in [3.63, 3.8) is 0 Å². The third-order valence-corrected chi connectivity index (χ3v) is 7.54. The highest BCUT2D eigenvalue weighted by Gasteiger charge is 2.50. The lowest BCUT2D eigenvalue weighted by Gasteiger charge is -2.37. The van der Waals surface area contributed by atoms with Gasteiger partial charge in [0, 0.05) is 6.92 Å². The van der Waals surface area contributed by atoms with Crippen LogP contribution in [-0.4, -0.2) is 10.5 Å². The molecule has 1 aromatic heterocycles. The van der Waals surface area contributed by atoms with Gasteiger partial charge in [0.25, 0.3) is 0 Å². The molecule has 0 spiro atoms. The maximum Gasteiger partial charge on any atom is 0.244 e. The van der Waals surface area contributed by atoms with Crippen LogP contribution in [0.4, 0.5) is 0 Å². The van der Waals surface area contributed by atoms with Crippen LogP contribution in [0.5, 0.6) is 0 Å². The molecule has 2 atom stereocenters. The Labute approximate surface area is 218 Å². The van der Waals surface area contributed by atoms with Crippen LogP contribution < -0.4 is 27.3 Å². The highest BCUT2D eigenvalue weighted by Crippen LogP contribution is 2.49. The van der Waals surface area contributed by atoms with Crippen LogP contribution in [0.3, 0.4) is 0 Å². The van der Waals surface area contributed by atoms with Crippen LogP contribution >= 0.6 is 0 Å². The van der Waals surface area contributed by atoms with Gasteiger partial charge >= 0.3 is 0 Å². The van der Waals surface area contributed by atoms with Crippen molar-refractivity contribution < 1.29 is 26.3 Å². The van der Waals surface area contributed by atoms with E-state index in [1.54, 1.807) is 0 Å². The Kier molecular flexibility index (Phi) is 7.56. The molecular weight excluding hydrogens is 498 g/mol. The van der Waals surface area contributed by atoms with Crippen molar-refractivity contribution >= 4 is 5.91 Å². The number of halogens is 1. The second kappa shape index (κ2) is 10.6. The van der Waals surface area contributed by atoms with Gasteiger partial charge < -0.3 is 22.7 Å². The van der Waals surface area contributed by atoms with E-state index in [9.17, 15) is 4.79 Å². The fourth-order valence-electron chi connectivity index (χ4n) is 5.87. The van der Waals surface area contributed by atoms with Gasteiger partial charge in [0.2, 0.25) is 12.2 Å². The van der Waals surface area contributed by atoms with E-state index >= 15 is 0 Å². The number of amides is 1. The van der Waals surface area contributed by atoms with Gasteiger partial charge in [-0.15, -0.1) is 0 Å². The first-order valence-corrected chi connectivity index (χ1v) is 12.1. The summed E-state index contributed by atoms with van der Waals surface area (Å²) in [5.41, 5.74) is 9.93. The quantitative estimate of drug-likeness (QED) is 0.365. The SMILES string of the molecule is Cc1cn([C@@H]2CC[C@@H](C(C(N)=O)(c3ccccc3)c3ccccc3)C2)c[n+]1Cc1ccccc1.[Br-]. The van der Waals surface area contributed by atoms with Crippen LogP contribution in [0.1, 0.15) is 47.7 Å². The molecule has 1 aliphatic rings. The van der Waals surface area contributed by atoms with E-state index < -0.39 is 5.41 Å². The molecule has 0 bridgehead atoms. The van der Waals surface area contributed by atoms with E-state index in [0.717, 1.165) is 36.9 Å². The van der Waals surface area contributed by atoms with Crippen molar-refractivity contribution in [1.29, 1.82) is 0 Å². The molecule has 0 aliphatic heterocycles. The molecule has 1 aliphatic carbocycles. The van der Waals surface area contributed by atoms with Gasteiger partial charge in [0.1, 0.15) is 29.9 Å². The van der Waals surface area contributed by atoms with E-state index in [1.807, 2.05) is 36.4 Å². The number of hydrogen-bond acceptors (Lipinski definition) is 1. The molecule has 4 nitrogen and oxygen atoms in total. The Bertz CT molecular complexity index is 1220. The summed E-state index contributed by atoms with van der Waals surface area (Å²) in [4.78, 5) is 13.3. The zero-order valence-corrected chi connectivity index (χ0v) is 21.6. The molecule has 5 heteroatoms. The van der Waals surface area contributed by atoms with Gasteiger partial charge in [0.05, 0.1) is 0 Å². The summed E-state index contributed by atoms with van der Waals surface area (Å²) in [7, 11) is 0. The van der Waals surface area contributed by atoms with Gasteiger partial charge in [0.15, 0.2) is 0 Å². The highest BCUT2D eigenvalue weighted by molar-refractivity contribution is 5.91. The predicted octanol–water partition coefficient (Wildman–Crippen LogP) is 1.95. The Morgan fingerprint density at radius 2 is 1.46 bits per heavy atom. The zero-order valence-electron chi connectivity index (χ0n) is 20.1. The van der Waals surface area contributed by atoms with Crippen molar-refractivity contribution in [2.45, 2.75) is 44.2 Å². The number of hydrogen-bond donors (Lipinski definition) is 1. The van der Waals surface area contributed by atoms with Gasteiger partial charge in [-0.3, -0.25) is 4.79 Å². The molecule has 1 amide bonds.